The number of rotatable bonds is 6. The van der Waals surface area contributed by atoms with Gasteiger partial charge in [0.25, 0.3) is 5.91 Å². The van der Waals surface area contributed by atoms with E-state index >= 15 is 0 Å². The number of methoxy groups -OCH3 is 1. The summed E-state index contributed by atoms with van der Waals surface area (Å²) in [7, 11) is -2.59. The predicted molar refractivity (Wildman–Crippen MR) is 109 cm³/mol. The second-order valence-corrected chi connectivity index (χ2v) is 8.58. The number of carbonyl (C=O) groups is 1. The Morgan fingerprint density at radius 2 is 1.90 bits per heavy atom. The molecule has 0 aliphatic carbocycles. The van der Waals surface area contributed by atoms with Gasteiger partial charge in [-0.2, -0.15) is 0 Å². The summed E-state index contributed by atoms with van der Waals surface area (Å²) in [5, 5.41) is 2.76. The summed E-state index contributed by atoms with van der Waals surface area (Å²) in [6, 6.07) is 9.29. The number of benzene rings is 2. The molecule has 8 nitrogen and oxygen atoms in total. The largest absolute Gasteiger partial charge is 0.497 e. The lowest BCUT2D eigenvalue weighted by molar-refractivity contribution is 0.0950. The Kier molecular flexibility index (Phi) is 5.38. The van der Waals surface area contributed by atoms with Crippen LogP contribution in [-0.4, -0.2) is 35.8 Å². The molecule has 1 N–H and O–H groups in total. The average molecular weight is 440 g/mol. The first-order chi connectivity index (χ1) is 14.9. The van der Waals surface area contributed by atoms with Crippen LogP contribution in [0.5, 0.6) is 5.75 Å². The first-order valence-corrected chi connectivity index (χ1v) is 10.6. The lowest BCUT2D eigenvalue weighted by Gasteiger charge is -2.09. The van der Waals surface area contributed by atoms with E-state index in [1.54, 1.807) is 35.1 Å². The quantitative estimate of drug-likeness (QED) is 0.495. The molecule has 1 amide bonds. The Balaban J connectivity index is 1.47. The summed E-state index contributed by atoms with van der Waals surface area (Å²) < 4.78 is 45.9. The monoisotopic (exact) mass is 440 g/mol. The maximum atomic E-state index is 13.7. The number of carbonyl (C=O) groups excluding carboxylic acids is 1. The molecule has 0 aliphatic rings. The van der Waals surface area contributed by atoms with Gasteiger partial charge in [0, 0.05) is 37.4 Å². The van der Waals surface area contributed by atoms with Crippen LogP contribution in [0.3, 0.4) is 0 Å². The van der Waals surface area contributed by atoms with Crippen LogP contribution in [0.4, 0.5) is 4.39 Å². The molecular weight excluding hydrogens is 423 g/mol. The van der Waals surface area contributed by atoms with Gasteiger partial charge in [-0.05, 0) is 29.8 Å². The number of amides is 1. The van der Waals surface area contributed by atoms with Gasteiger partial charge in [0.2, 0.25) is 15.6 Å². The first kappa shape index (κ1) is 20.5. The summed E-state index contributed by atoms with van der Waals surface area (Å²) in [6.07, 6.45) is 6.32. The van der Waals surface area contributed by atoms with Gasteiger partial charge in [-0.15, -0.1) is 0 Å². The second-order valence-electron chi connectivity index (χ2n) is 6.63. The SMILES string of the molecule is COc1cc(F)cc(S(=O)(=O)c2ccc(CNC(=O)c3cnc4nccn4c3)cc2)c1. The van der Waals surface area contributed by atoms with Gasteiger partial charge < -0.3 is 10.1 Å². The van der Waals surface area contributed by atoms with Gasteiger partial charge in [0.15, 0.2) is 0 Å². The number of nitrogens with one attached hydrogen (secondary N) is 1. The highest BCUT2D eigenvalue weighted by Crippen LogP contribution is 2.26. The Hall–Kier alpha value is -3.79. The number of imidazole rings is 1. The van der Waals surface area contributed by atoms with E-state index in [1.807, 2.05) is 0 Å². The summed E-state index contributed by atoms with van der Waals surface area (Å²) in [6.45, 7) is 0.189. The number of halogens is 1. The van der Waals surface area contributed by atoms with E-state index in [1.165, 1.54) is 31.5 Å². The van der Waals surface area contributed by atoms with E-state index < -0.39 is 15.7 Å². The lowest BCUT2D eigenvalue weighted by Crippen LogP contribution is -2.23. The zero-order valence-electron chi connectivity index (χ0n) is 16.3. The topological polar surface area (TPSA) is 103 Å². The highest BCUT2D eigenvalue weighted by molar-refractivity contribution is 7.91. The molecule has 0 bridgehead atoms. The molecule has 2 aromatic carbocycles. The Morgan fingerprint density at radius 3 is 2.65 bits per heavy atom. The van der Waals surface area contributed by atoms with Crippen LogP contribution in [0.25, 0.3) is 5.78 Å². The minimum Gasteiger partial charge on any atom is -0.497 e. The molecule has 31 heavy (non-hydrogen) atoms. The van der Waals surface area contributed by atoms with Gasteiger partial charge in [-0.25, -0.2) is 22.8 Å². The first-order valence-electron chi connectivity index (χ1n) is 9.12. The van der Waals surface area contributed by atoms with E-state index in [-0.39, 0.29) is 28.0 Å². The molecule has 10 heteroatoms. The van der Waals surface area contributed by atoms with Gasteiger partial charge in [0.1, 0.15) is 11.6 Å². The summed E-state index contributed by atoms with van der Waals surface area (Å²) >= 11 is 0. The number of fused-ring (bicyclic) bond motifs is 1. The smallest absolute Gasteiger partial charge is 0.254 e. The van der Waals surface area contributed by atoms with Gasteiger partial charge in [-0.1, -0.05) is 12.1 Å². The molecule has 0 unspecified atom stereocenters. The van der Waals surface area contributed by atoms with Crippen molar-refractivity contribution in [2.45, 2.75) is 16.3 Å². The third kappa shape index (κ3) is 4.24. The van der Waals surface area contributed by atoms with Crippen molar-refractivity contribution in [1.29, 1.82) is 0 Å². The number of nitrogens with zero attached hydrogens (tertiary/aromatic N) is 3. The van der Waals surface area contributed by atoms with Crippen molar-refractivity contribution in [1.82, 2.24) is 19.7 Å². The van der Waals surface area contributed by atoms with Crippen LogP contribution in [0.2, 0.25) is 0 Å². The fourth-order valence-electron chi connectivity index (χ4n) is 2.95. The van der Waals surface area contributed by atoms with E-state index in [9.17, 15) is 17.6 Å². The standard InChI is InChI=1S/C21H17FN4O4S/c1-30-17-8-16(22)9-19(10-17)31(28,29)18-4-2-14(3-5-18)11-24-20(27)15-12-25-21-23-6-7-26(21)13-15/h2-10,12-13H,11H2,1H3,(H,24,27). The highest BCUT2D eigenvalue weighted by Gasteiger charge is 2.20. The molecule has 0 aliphatic heterocycles. The maximum Gasteiger partial charge on any atom is 0.254 e. The minimum absolute atomic E-state index is 0.00462. The van der Waals surface area contributed by atoms with Gasteiger partial charge in [0.05, 0.1) is 22.5 Å². The third-order valence-corrected chi connectivity index (χ3v) is 6.33. The molecule has 0 fully saturated rings. The molecule has 0 saturated heterocycles. The van der Waals surface area contributed by atoms with Crippen LogP contribution in [0, 0.1) is 5.82 Å². The average Bonchev–Trinajstić information content (AvgIpc) is 3.25. The molecule has 4 rings (SSSR count). The van der Waals surface area contributed by atoms with Gasteiger partial charge >= 0.3 is 0 Å². The van der Waals surface area contributed by atoms with E-state index in [4.69, 9.17) is 4.74 Å². The number of sulfone groups is 1. The molecule has 0 spiro atoms. The van der Waals surface area contributed by atoms with E-state index in [0.29, 0.717) is 16.9 Å². The van der Waals surface area contributed by atoms with Crippen molar-refractivity contribution in [3.8, 4) is 5.75 Å². The lowest BCUT2D eigenvalue weighted by atomic mass is 10.2. The minimum atomic E-state index is -3.92. The normalized spacial score (nSPS) is 11.4. The predicted octanol–water partition coefficient (Wildman–Crippen LogP) is 2.64. The van der Waals surface area contributed by atoms with Crippen molar-refractivity contribution in [2.75, 3.05) is 7.11 Å². The molecule has 158 valence electrons. The Morgan fingerprint density at radius 1 is 1.13 bits per heavy atom. The zero-order chi connectivity index (χ0) is 22.0. The molecule has 0 radical (unpaired) electrons. The Labute approximate surface area is 177 Å². The number of hydrogen-bond donors (Lipinski definition) is 1. The number of hydrogen-bond acceptors (Lipinski definition) is 6. The van der Waals surface area contributed by atoms with Crippen molar-refractivity contribution >= 4 is 21.5 Å². The molecule has 0 atom stereocenters. The summed E-state index contributed by atoms with van der Waals surface area (Å²) in [4.78, 5) is 20.3. The van der Waals surface area contributed by atoms with Crippen LogP contribution < -0.4 is 10.1 Å². The molecule has 4 aromatic rings. The van der Waals surface area contributed by atoms with Crippen LogP contribution >= 0.6 is 0 Å². The molecule has 2 heterocycles. The fraction of sp³-hybridized carbons (Fsp3) is 0.0952. The van der Waals surface area contributed by atoms with Gasteiger partial charge in [-0.3, -0.25) is 9.20 Å². The number of aromatic nitrogens is 3. The second kappa shape index (κ2) is 8.15. The van der Waals surface area contributed by atoms with E-state index in [0.717, 1.165) is 12.1 Å². The molecular formula is C21H17FN4O4S. The van der Waals surface area contributed by atoms with Crippen molar-refractivity contribution < 1.29 is 22.3 Å². The van der Waals surface area contributed by atoms with Crippen LogP contribution in [0.15, 0.2) is 77.0 Å². The summed E-state index contributed by atoms with van der Waals surface area (Å²) in [5.74, 6) is -0.433. The third-order valence-electron chi connectivity index (χ3n) is 4.59. The zero-order valence-corrected chi connectivity index (χ0v) is 17.1. The van der Waals surface area contributed by atoms with Crippen LogP contribution in [0.1, 0.15) is 15.9 Å². The van der Waals surface area contributed by atoms with Crippen LogP contribution in [-0.2, 0) is 16.4 Å². The highest BCUT2D eigenvalue weighted by atomic mass is 32.2. The van der Waals surface area contributed by atoms with Crippen molar-refractivity contribution in [2.24, 2.45) is 0 Å². The van der Waals surface area contributed by atoms with Crippen molar-refractivity contribution in [3.63, 3.8) is 0 Å². The number of ether oxygens (including phenoxy) is 1. The van der Waals surface area contributed by atoms with E-state index in [2.05, 4.69) is 15.3 Å². The maximum absolute atomic E-state index is 13.7. The summed E-state index contributed by atoms with van der Waals surface area (Å²) in [5.41, 5.74) is 1.06. The fourth-order valence-corrected chi connectivity index (χ4v) is 4.26. The van der Waals surface area contributed by atoms with Crippen molar-refractivity contribution in [3.05, 3.63) is 84.2 Å². The molecule has 2 aromatic heterocycles. The Bertz CT molecular complexity index is 1370. The molecule has 0 saturated carbocycles.